The molecule has 0 aliphatic carbocycles. The Morgan fingerprint density at radius 1 is 1.12 bits per heavy atom. The molecule has 0 bridgehead atoms. The molecule has 2 aromatic rings. The zero-order valence-corrected chi connectivity index (χ0v) is 20.0. The molecule has 0 amide bonds. The zero-order valence-electron chi connectivity index (χ0n) is 20.0. The second-order valence-corrected chi connectivity index (χ2v) is 8.31. The van der Waals surface area contributed by atoms with E-state index in [1.165, 1.54) is 0 Å². The SMILES string of the molecule is CCOC(=O)C(=C(C#N)C#N)c1nc(CCC(=O)OC(C)(C)C)cn1Cc1ccc(OC)cc1. The molecule has 2 rings (SSSR count). The predicted molar refractivity (Wildman–Crippen MR) is 123 cm³/mol. The number of imidazole rings is 1. The van der Waals surface area contributed by atoms with Crippen LogP contribution in [0.3, 0.4) is 0 Å². The zero-order chi connectivity index (χ0) is 25.3. The number of allylic oxidation sites excluding steroid dienone is 1. The van der Waals surface area contributed by atoms with Gasteiger partial charge in [-0.1, -0.05) is 12.1 Å². The molecule has 1 heterocycles. The van der Waals surface area contributed by atoms with Crippen molar-refractivity contribution in [2.24, 2.45) is 0 Å². The third-order valence-electron chi connectivity index (χ3n) is 4.52. The van der Waals surface area contributed by atoms with E-state index in [-0.39, 0.29) is 36.8 Å². The summed E-state index contributed by atoms with van der Waals surface area (Å²) < 4.78 is 17.3. The number of rotatable bonds is 9. The molecule has 0 aliphatic heterocycles. The van der Waals surface area contributed by atoms with Crippen molar-refractivity contribution in [2.75, 3.05) is 13.7 Å². The largest absolute Gasteiger partial charge is 0.497 e. The van der Waals surface area contributed by atoms with Crippen LogP contribution in [0.2, 0.25) is 0 Å². The lowest BCUT2D eigenvalue weighted by Crippen LogP contribution is -2.24. The van der Waals surface area contributed by atoms with Gasteiger partial charge in [-0.2, -0.15) is 10.5 Å². The van der Waals surface area contributed by atoms with Gasteiger partial charge in [-0.15, -0.1) is 0 Å². The average Bonchev–Trinajstić information content (AvgIpc) is 3.17. The van der Waals surface area contributed by atoms with Crippen molar-refractivity contribution in [1.82, 2.24) is 9.55 Å². The Kier molecular flexibility index (Phi) is 8.97. The summed E-state index contributed by atoms with van der Waals surface area (Å²) in [6.07, 6.45) is 2.02. The third-order valence-corrected chi connectivity index (χ3v) is 4.52. The van der Waals surface area contributed by atoms with Crippen LogP contribution in [0.15, 0.2) is 36.0 Å². The van der Waals surface area contributed by atoms with Crippen LogP contribution in [-0.4, -0.2) is 40.8 Å². The summed E-state index contributed by atoms with van der Waals surface area (Å²) in [7, 11) is 1.57. The van der Waals surface area contributed by atoms with Gasteiger partial charge in [0.1, 0.15) is 40.5 Å². The number of aryl methyl sites for hydroxylation is 1. The van der Waals surface area contributed by atoms with E-state index in [4.69, 9.17) is 14.2 Å². The van der Waals surface area contributed by atoms with Gasteiger partial charge in [0.2, 0.25) is 0 Å². The Labute approximate surface area is 199 Å². The van der Waals surface area contributed by atoms with Gasteiger partial charge in [0.25, 0.3) is 0 Å². The van der Waals surface area contributed by atoms with E-state index in [9.17, 15) is 20.1 Å². The summed E-state index contributed by atoms with van der Waals surface area (Å²) in [4.78, 5) is 29.4. The quantitative estimate of drug-likeness (QED) is 0.313. The number of hydrogen-bond acceptors (Lipinski definition) is 8. The van der Waals surface area contributed by atoms with E-state index >= 15 is 0 Å². The number of esters is 2. The second-order valence-electron chi connectivity index (χ2n) is 8.31. The number of ether oxygens (including phenoxy) is 3. The van der Waals surface area contributed by atoms with Crippen molar-refractivity contribution in [3.8, 4) is 17.9 Å². The highest BCUT2D eigenvalue weighted by Crippen LogP contribution is 2.23. The molecule has 1 aromatic carbocycles. The molecule has 178 valence electrons. The molecule has 0 N–H and O–H groups in total. The van der Waals surface area contributed by atoms with E-state index in [0.29, 0.717) is 18.0 Å². The fraction of sp³-hybridized carbons (Fsp3) is 0.400. The Balaban J connectivity index is 2.49. The van der Waals surface area contributed by atoms with Gasteiger partial charge in [-0.05, 0) is 45.4 Å². The maximum absolute atomic E-state index is 12.7. The first kappa shape index (κ1) is 26.1. The van der Waals surface area contributed by atoms with Gasteiger partial charge in [0.05, 0.1) is 25.8 Å². The number of hydrogen-bond donors (Lipinski definition) is 0. The highest BCUT2D eigenvalue weighted by Gasteiger charge is 2.26. The van der Waals surface area contributed by atoms with Gasteiger partial charge < -0.3 is 18.8 Å². The minimum atomic E-state index is -0.819. The normalized spacial score (nSPS) is 10.6. The Hall–Kier alpha value is -4.11. The van der Waals surface area contributed by atoms with Crippen LogP contribution >= 0.6 is 0 Å². The van der Waals surface area contributed by atoms with E-state index in [2.05, 4.69) is 4.98 Å². The fourth-order valence-electron chi connectivity index (χ4n) is 3.11. The highest BCUT2D eigenvalue weighted by molar-refractivity contribution is 6.18. The van der Waals surface area contributed by atoms with E-state index in [1.54, 1.807) is 69.8 Å². The average molecular weight is 465 g/mol. The molecule has 0 fully saturated rings. The standard InChI is InChI=1S/C25H28N4O5/c1-6-33-24(31)22(18(13-26)14-27)23-28-19(9-12-21(30)34-25(2,3)4)16-29(23)15-17-7-10-20(32-5)11-8-17/h7-8,10-11,16H,6,9,12,15H2,1-5H3. The van der Waals surface area contributed by atoms with Crippen molar-refractivity contribution in [1.29, 1.82) is 10.5 Å². The first-order valence-electron chi connectivity index (χ1n) is 10.7. The number of nitriles is 2. The molecule has 0 unspecified atom stereocenters. The fourth-order valence-corrected chi connectivity index (χ4v) is 3.11. The molecule has 0 spiro atoms. The van der Waals surface area contributed by atoms with Gasteiger partial charge in [0.15, 0.2) is 0 Å². The maximum Gasteiger partial charge on any atom is 0.344 e. The number of methoxy groups -OCH3 is 1. The van der Waals surface area contributed by atoms with Crippen LogP contribution in [0.25, 0.3) is 5.57 Å². The Bertz CT molecular complexity index is 1130. The number of carbonyl (C=O) groups excluding carboxylic acids is 2. The van der Waals surface area contributed by atoms with Crippen LogP contribution in [0.1, 0.15) is 51.2 Å². The Morgan fingerprint density at radius 2 is 1.76 bits per heavy atom. The second kappa shape index (κ2) is 11.7. The van der Waals surface area contributed by atoms with Crippen LogP contribution in [0.4, 0.5) is 0 Å². The summed E-state index contributed by atoms with van der Waals surface area (Å²) in [5.41, 5.74) is 0.149. The van der Waals surface area contributed by atoms with Crippen LogP contribution < -0.4 is 4.74 Å². The minimum Gasteiger partial charge on any atom is -0.497 e. The molecule has 1 aromatic heterocycles. The number of nitrogens with zero attached hydrogens (tertiary/aromatic N) is 4. The summed E-state index contributed by atoms with van der Waals surface area (Å²) in [6.45, 7) is 7.35. The smallest absolute Gasteiger partial charge is 0.344 e. The number of aromatic nitrogens is 2. The lowest BCUT2D eigenvalue weighted by molar-refractivity contribution is -0.154. The van der Waals surface area contributed by atoms with E-state index < -0.39 is 17.1 Å². The lowest BCUT2D eigenvalue weighted by Gasteiger charge is -2.19. The van der Waals surface area contributed by atoms with Crippen molar-refractivity contribution in [3.05, 3.63) is 53.1 Å². The highest BCUT2D eigenvalue weighted by atomic mass is 16.6. The molecule has 0 aliphatic rings. The monoisotopic (exact) mass is 464 g/mol. The topological polar surface area (TPSA) is 127 Å². The van der Waals surface area contributed by atoms with Gasteiger partial charge in [-0.25, -0.2) is 9.78 Å². The van der Waals surface area contributed by atoms with Crippen molar-refractivity contribution in [3.63, 3.8) is 0 Å². The minimum absolute atomic E-state index is 0.0666. The first-order valence-corrected chi connectivity index (χ1v) is 10.7. The third kappa shape index (κ3) is 7.21. The Morgan fingerprint density at radius 3 is 2.29 bits per heavy atom. The first-order chi connectivity index (χ1) is 16.1. The molecule has 34 heavy (non-hydrogen) atoms. The molecule has 9 heteroatoms. The van der Waals surface area contributed by atoms with E-state index in [0.717, 1.165) is 5.56 Å². The van der Waals surface area contributed by atoms with Crippen LogP contribution in [0.5, 0.6) is 5.75 Å². The summed E-state index contributed by atoms with van der Waals surface area (Å²) >= 11 is 0. The lowest BCUT2D eigenvalue weighted by atomic mass is 10.1. The van der Waals surface area contributed by atoms with Crippen molar-refractivity contribution >= 4 is 17.5 Å². The summed E-state index contributed by atoms with van der Waals surface area (Å²) in [6, 6.07) is 10.8. The number of benzene rings is 1. The van der Waals surface area contributed by atoms with E-state index in [1.807, 2.05) is 12.1 Å². The predicted octanol–water partition coefficient (Wildman–Crippen LogP) is 3.58. The van der Waals surface area contributed by atoms with Crippen molar-refractivity contribution < 1.29 is 23.8 Å². The van der Waals surface area contributed by atoms with Gasteiger partial charge in [-0.3, -0.25) is 4.79 Å². The molecule has 0 atom stereocenters. The molecule has 0 saturated heterocycles. The van der Waals surface area contributed by atoms with Gasteiger partial charge >= 0.3 is 11.9 Å². The maximum atomic E-state index is 12.7. The molecule has 0 radical (unpaired) electrons. The molecular weight excluding hydrogens is 436 g/mol. The summed E-state index contributed by atoms with van der Waals surface area (Å²) in [5, 5.41) is 18.9. The molecular formula is C25H28N4O5. The van der Waals surface area contributed by atoms with Crippen molar-refractivity contribution in [2.45, 2.75) is 52.7 Å². The molecule has 9 nitrogen and oxygen atoms in total. The number of carbonyl (C=O) groups is 2. The van der Waals surface area contributed by atoms with Gasteiger partial charge in [0, 0.05) is 19.2 Å². The summed E-state index contributed by atoms with van der Waals surface area (Å²) in [5.74, 6) is -0.391. The van der Waals surface area contributed by atoms with Crippen LogP contribution in [-0.2, 0) is 32.0 Å². The van der Waals surface area contributed by atoms with Crippen LogP contribution in [0, 0.1) is 22.7 Å². The molecule has 0 saturated carbocycles.